The Hall–Kier alpha value is -4.50. The number of phenols is 1. The van der Waals surface area contributed by atoms with Crippen molar-refractivity contribution in [1.82, 2.24) is 10.2 Å². The van der Waals surface area contributed by atoms with Gasteiger partial charge >= 0.3 is 11.9 Å². The number of fused-ring (bicyclic) bond motifs is 1. The van der Waals surface area contributed by atoms with E-state index in [-0.39, 0.29) is 18.7 Å². The van der Waals surface area contributed by atoms with E-state index in [0.717, 1.165) is 10.5 Å². The lowest BCUT2D eigenvalue weighted by molar-refractivity contribution is -0.151. The van der Waals surface area contributed by atoms with Crippen molar-refractivity contribution < 1.29 is 34.1 Å². The number of likely N-dealkylation sites (tertiary alicyclic amines) is 1. The summed E-state index contributed by atoms with van der Waals surface area (Å²) in [6.45, 7) is 0.0361. The average molecular weight is 515 g/mol. The summed E-state index contributed by atoms with van der Waals surface area (Å²) in [6.07, 6.45) is -0.0846. The molecular formula is C29H26N2O7. The number of carboxylic acids is 1. The zero-order chi connectivity index (χ0) is 27.0. The van der Waals surface area contributed by atoms with Gasteiger partial charge in [-0.25, -0.2) is 4.79 Å². The minimum Gasteiger partial charge on any atom is -0.508 e. The molecular weight excluding hydrogens is 488 g/mol. The summed E-state index contributed by atoms with van der Waals surface area (Å²) in [6, 6.07) is 20.7. The van der Waals surface area contributed by atoms with E-state index in [2.05, 4.69) is 5.32 Å². The highest BCUT2D eigenvalue weighted by atomic mass is 16.5. The van der Waals surface area contributed by atoms with Crippen LogP contribution in [0.1, 0.15) is 33.1 Å². The van der Waals surface area contributed by atoms with Gasteiger partial charge in [-0.1, -0.05) is 54.6 Å². The van der Waals surface area contributed by atoms with Gasteiger partial charge in [-0.05, 0) is 41.0 Å². The fourth-order valence-electron chi connectivity index (χ4n) is 5.59. The Morgan fingerprint density at radius 1 is 0.921 bits per heavy atom. The van der Waals surface area contributed by atoms with Gasteiger partial charge in [-0.15, -0.1) is 0 Å². The molecule has 3 aromatic rings. The summed E-state index contributed by atoms with van der Waals surface area (Å²) >= 11 is 0. The number of methoxy groups -OCH3 is 1. The second-order valence-corrected chi connectivity index (χ2v) is 9.61. The Labute approximate surface area is 218 Å². The van der Waals surface area contributed by atoms with Crippen LogP contribution < -0.4 is 5.32 Å². The number of rotatable bonds is 7. The molecule has 9 heteroatoms. The van der Waals surface area contributed by atoms with Crippen molar-refractivity contribution in [2.75, 3.05) is 7.11 Å². The van der Waals surface area contributed by atoms with E-state index in [9.17, 15) is 29.4 Å². The van der Waals surface area contributed by atoms with Crippen LogP contribution in [0.5, 0.6) is 5.75 Å². The van der Waals surface area contributed by atoms with E-state index in [1.807, 2.05) is 6.07 Å². The Kier molecular flexibility index (Phi) is 6.46. The fourth-order valence-corrected chi connectivity index (χ4v) is 5.59. The number of carboxylic acid groups (broad SMARTS) is 1. The monoisotopic (exact) mass is 514 g/mol. The van der Waals surface area contributed by atoms with Crippen molar-refractivity contribution in [3.8, 4) is 5.75 Å². The van der Waals surface area contributed by atoms with E-state index < -0.39 is 47.2 Å². The van der Waals surface area contributed by atoms with E-state index in [0.29, 0.717) is 16.7 Å². The molecule has 2 saturated heterocycles. The van der Waals surface area contributed by atoms with Gasteiger partial charge in [0.2, 0.25) is 11.8 Å². The number of nitrogens with zero attached hydrogens (tertiary/aromatic N) is 1. The standard InChI is InChI=1S/C29H26N2O7/c1-38-27(35)20-11-9-19(10-12-20)24-22-23(26(34)31(25(22)33)16-18-5-3-2-4-6-18)29(30-24,28(36)37)15-17-7-13-21(32)14-8-17/h2-14,22-24,30,32H,15-16H2,1H3,(H,36,37). The van der Waals surface area contributed by atoms with Crippen LogP contribution >= 0.6 is 0 Å². The number of hydrogen-bond acceptors (Lipinski definition) is 7. The molecule has 0 saturated carbocycles. The number of esters is 1. The van der Waals surface area contributed by atoms with E-state index in [4.69, 9.17) is 4.74 Å². The molecule has 2 fully saturated rings. The number of phenolic OH excluding ortho intramolecular Hbond substituents is 1. The minimum atomic E-state index is -1.79. The smallest absolute Gasteiger partial charge is 0.337 e. The van der Waals surface area contributed by atoms with Crippen molar-refractivity contribution in [1.29, 1.82) is 0 Å². The maximum Gasteiger partial charge on any atom is 0.337 e. The Bertz CT molecular complexity index is 1390. The predicted molar refractivity (Wildman–Crippen MR) is 135 cm³/mol. The quantitative estimate of drug-likeness (QED) is 0.324. The summed E-state index contributed by atoms with van der Waals surface area (Å²) < 4.78 is 4.76. The van der Waals surface area contributed by atoms with Crippen LogP contribution in [-0.4, -0.2) is 51.5 Å². The molecule has 3 N–H and O–H groups in total. The van der Waals surface area contributed by atoms with E-state index in [1.54, 1.807) is 60.7 Å². The molecule has 2 amide bonds. The molecule has 5 rings (SSSR count). The van der Waals surface area contributed by atoms with E-state index >= 15 is 0 Å². The number of benzene rings is 3. The lowest BCUT2D eigenvalue weighted by Crippen LogP contribution is -2.57. The van der Waals surface area contributed by atoms with Crippen molar-refractivity contribution in [3.05, 3.63) is 101 Å². The summed E-state index contributed by atoms with van der Waals surface area (Å²) in [5.74, 6) is -4.89. The van der Waals surface area contributed by atoms with Crippen LogP contribution in [-0.2, 0) is 32.1 Å². The minimum absolute atomic E-state index is 0.0279. The van der Waals surface area contributed by atoms with Gasteiger partial charge in [0.15, 0.2) is 0 Å². The van der Waals surface area contributed by atoms with Gasteiger partial charge in [0.1, 0.15) is 11.3 Å². The van der Waals surface area contributed by atoms with Gasteiger partial charge in [0, 0.05) is 12.5 Å². The van der Waals surface area contributed by atoms with Crippen LogP contribution in [0.2, 0.25) is 0 Å². The molecule has 0 aromatic heterocycles. The molecule has 0 aliphatic carbocycles. The number of amides is 2. The van der Waals surface area contributed by atoms with Crippen molar-refractivity contribution >= 4 is 23.8 Å². The van der Waals surface area contributed by atoms with Crippen LogP contribution in [0.4, 0.5) is 0 Å². The molecule has 0 bridgehead atoms. The first kappa shape index (κ1) is 25.2. The molecule has 2 heterocycles. The van der Waals surface area contributed by atoms with Crippen molar-refractivity contribution in [2.45, 2.75) is 24.5 Å². The topological polar surface area (TPSA) is 133 Å². The maximum absolute atomic E-state index is 13.8. The Balaban J connectivity index is 1.58. The van der Waals surface area contributed by atoms with Gasteiger partial charge in [0.25, 0.3) is 0 Å². The molecule has 9 nitrogen and oxygen atoms in total. The van der Waals surface area contributed by atoms with Gasteiger partial charge in [-0.2, -0.15) is 0 Å². The second kappa shape index (κ2) is 9.75. The van der Waals surface area contributed by atoms with Crippen molar-refractivity contribution in [2.24, 2.45) is 11.8 Å². The van der Waals surface area contributed by atoms with Crippen LogP contribution in [0.3, 0.4) is 0 Å². The number of carbonyl (C=O) groups is 4. The highest BCUT2D eigenvalue weighted by Gasteiger charge is 2.68. The van der Waals surface area contributed by atoms with Crippen molar-refractivity contribution in [3.63, 3.8) is 0 Å². The lowest BCUT2D eigenvalue weighted by atomic mass is 9.76. The van der Waals surface area contributed by atoms with Crippen LogP contribution in [0, 0.1) is 11.8 Å². The molecule has 3 aromatic carbocycles. The number of hydrogen-bond donors (Lipinski definition) is 3. The SMILES string of the molecule is COC(=O)c1ccc(C2NC(Cc3ccc(O)cc3)(C(=O)O)C3C(=O)N(Cc4ccccc4)C(=O)C23)cc1. The van der Waals surface area contributed by atoms with Gasteiger partial charge < -0.3 is 14.9 Å². The Morgan fingerprint density at radius 3 is 2.18 bits per heavy atom. The summed E-state index contributed by atoms with van der Waals surface area (Å²) in [5.41, 5.74) is 0.425. The average Bonchev–Trinajstić information content (AvgIpc) is 3.40. The summed E-state index contributed by atoms with van der Waals surface area (Å²) in [5, 5.41) is 23.4. The number of aliphatic carboxylic acids is 1. The Morgan fingerprint density at radius 2 is 1.58 bits per heavy atom. The first-order valence-corrected chi connectivity index (χ1v) is 12.1. The molecule has 2 aliphatic heterocycles. The lowest BCUT2D eigenvalue weighted by Gasteiger charge is -2.31. The summed E-state index contributed by atoms with van der Waals surface area (Å²) in [4.78, 5) is 53.6. The van der Waals surface area contributed by atoms with E-state index in [1.165, 1.54) is 19.2 Å². The third-order valence-corrected chi connectivity index (χ3v) is 7.42. The predicted octanol–water partition coefficient (Wildman–Crippen LogP) is 2.69. The third kappa shape index (κ3) is 4.20. The highest BCUT2D eigenvalue weighted by Crippen LogP contribution is 2.50. The third-order valence-electron chi connectivity index (χ3n) is 7.42. The maximum atomic E-state index is 13.8. The fraction of sp³-hybridized carbons (Fsp3) is 0.241. The molecule has 0 spiro atoms. The van der Waals surface area contributed by atoms with Gasteiger partial charge in [-0.3, -0.25) is 24.6 Å². The van der Waals surface area contributed by atoms with Gasteiger partial charge in [0.05, 0.1) is 31.1 Å². The molecule has 0 radical (unpaired) electrons. The zero-order valence-corrected chi connectivity index (χ0v) is 20.5. The number of aromatic hydroxyl groups is 1. The molecule has 4 atom stereocenters. The van der Waals surface area contributed by atoms with Crippen LogP contribution in [0.15, 0.2) is 78.9 Å². The molecule has 38 heavy (non-hydrogen) atoms. The first-order chi connectivity index (χ1) is 18.2. The summed E-state index contributed by atoms with van der Waals surface area (Å²) in [7, 11) is 1.27. The number of imide groups is 1. The highest BCUT2D eigenvalue weighted by molar-refractivity contribution is 6.09. The first-order valence-electron chi connectivity index (χ1n) is 12.1. The number of carbonyl (C=O) groups excluding carboxylic acids is 3. The largest absolute Gasteiger partial charge is 0.508 e. The number of nitrogens with one attached hydrogen (secondary N) is 1. The molecule has 194 valence electrons. The zero-order valence-electron chi connectivity index (χ0n) is 20.5. The number of ether oxygens (including phenoxy) is 1. The normalized spacial score (nSPS) is 24.3. The molecule has 2 aliphatic rings. The molecule has 4 unspecified atom stereocenters. The second-order valence-electron chi connectivity index (χ2n) is 9.61. The van der Waals surface area contributed by atoms with Crippen LogP contribution in [0.25, 0.3) is 0 Å².